The monoisotopic (exact) mass is 255 g/mol. The molecule has 1 aromatic rings. The third-order valence-electron chi connectivity index (χ3n) is 2.60. The number of carbonyl (C=O) groups is 1. The molecule has 4 heteroatoms. The van der Waals surface area contributed by atoms with Crippen LogP contribution in [0.25, 0.3) is 0 Å². The number of carboxylic acid groups (broad SMARTS) is 1. The molecule has 0 spiro atoms. The van der Waals surface area contributed by atoms with Crippen molar-refractivity contribution in [3.05, 3.63) is 21.4 Å². The van der Waals surface area contributed by atoms with E-state index >= 15 is 0 Å². The first-order chi connectivity index (χ1) is 7.79. The van der Waals surface area contributed by atoms with E-state index in [-0.39, 0.29) is 0 Å². The fourth-order valence-corrected chi connectivity index (χ4v) is 2.37. The van der Waals surface area contributed by atoms with Gasteiger partial charge in [0.15, 0.2) is 0 Å². The fourth-order valence-electron chi connectivity index (χ4n) is 1.49. The van der Waals surface area contributed by atoms with Crippen LogP contribution < -0.4 is 5.32 Å². The Bertz CT molecular complexity index is 391. The molecule has 0 bridgehead atoms. The van der Waals surface area contributed by atoms with Crippen molar-refractivity contribution in [2.24, 2.45) is 5.41 Å². The van der Waals surface area contributed by atoms with E-state index in [4.69, 9.17) is 5.11 Å². The highest BCUT2D eigenvalue weighted by Crippen LogP contribution is 2.22. The van der Waals surface area contributed by atoms with Crippen LogP contribution in [0.5, 0.6) is 0 Å². The van der Waals surface area contributed by atoms with Crippen LogP contribution in [0, 0.1) is 12.3 Å². The molecular weight excluding hydrogens is 234 g/mol. The van der Waals surface area contributed by atoms with Crippen molar-refractivity contribution < 1.29 is 9.90 Å². The second kappa shape index (κ2) is 5.65. The molecule has 0 fully saturated rings. The summed E-state index contributed by atoms with van der Waals surface area (Å²) in [5, 5.41) is 12.3. The quantitative estimate of drug-likeness (QED) is 0.794. The maximum atomic E-state index is 10.8. The van der Waals surface area contributed by atoms with Gasteiger partial charge in [0, 0.05) is 11.4 Å². The zero-order chi connectivity index (χ0) is 13.1. The first-order valence-electron chi connectivity index (χ1n) is 5.83. The lowest BCUT2D eigenvalue weighted by molar-refractivity contribution is 0.0702. The van der Waals surface area contributed by atoms with Crippen molar-refractivity contribution in [1.29, 1.82) is 0 Å². The predicted octanol–water partition coefficient (Wildman–Crippen LogP) is 3.28. The molecule has 0 unspecified atom stereocenters. The molecule has 2 N–H and O–H groups in total. The number of aromatic carboxylic acids is 1. The normalized spacial score (nSPS) is 11.8. The lowest BCUT2D eigenvalue weighted by Crippen LogP contribution is -2.20. The molecule has 0 saturated carbocycles. The molecule has 0 aliphatic heterocycles. The van der Waals surface area contributed by atoms with Crippen LogP contribution in [0.4, 0.5) is 0 Å². The number of thiophene rings is 1. The van der Waals surface area contributed by atoms with Crippen molar-refractivity contribution in [3.63, 3.8) is 0 Å². The van der Waals surface area contributed by atoms with Crippen molar-refractivity contribution >= 4 is 17.3 Å². The molecule has 1 heterocycles. The third kappa shape index (κ3) is 4.88. The largest absolute Gasteiger partial charge is 0.477 e. The smallest absolute Gasteiger partial charge is 0.345 e. The van der Waals surface area contributed by atoms with Gasteiger partial charge in [0.25, 0.3) is 0 Å². The summed E-state index contributed by atoms with van der Waals surface area (Å²) in [6.07, 6.45) is 1.11. The van der Waals surface area contributed by atoms with Crippen molar-refractivity contribution in [2.75, 3.05) is 6.54 Å². The van der Waals surface area contributed by atoms with Gasteiger partial charge in [-0.1, -0.05) is 20.8 Å². The Kier molecular flexibility index (Phi) is 4.71. The Morgan fingerprint density at radius 2 is 2.12 bits per heavy atom. The molecule has 96 valence electrons. The van der Waals surface area contributed by atoms with Crippen LogP contribution in [0.2, 0.25) is 0 Å². The topological polar surface area (TPSA) is 49.3 Å². The number of carboxylic acids is 1. The van der Waals surface area contributed by atoms with Crippen molar-refractivity contribution in [3.8, 4) is 0 Å². The Morgan fingerprint density at radius 1 is 1.47 bits per heavy atom. The molecule has 0 atom stereocenters. The van der Waals surface area contributed by atoms with E-state index in [0.29, 0.717) is 10.3 Å². The van der Waals surface area contributed by atoms with E-state index < -0.39 is 5.97 Å². The van der Waals surface area contributed by atoms with E-state index in [1.807, 2.05) is 6.92 Å². The third-order valence-corrected chi connectivity index (χ3v) is 3.68. The average Bonchev–Trinajstić information content (AvgIpc) is 2.54. The van der Waals surface area contributed by atoms with E-state index in [1.54, 1.807) is 6.07 Å². The second-order valence-corrected chi connectivity index (χ2v) is 6.74. The van der Waals surface area contributed by atoms with Crippen LogP contribution in [-0.2, 0) is 6.54 Å². The molecule has 0 saturated heterocycles. The number of hydrogen-bond donors (Lipinski definition) is 2. The summed E-state index contributed by atoms with van der Waals surface area (Å²) in [6, 6.07) is 1.77. The van der Waals surface area contributed by atoms with Gasteiger partial charge in [-0.2, -0.15) is 0 Å². The minimum atomic E-state index is -0.834. The zero-order valence-corrected chi connectivity index (χ0v) is 11.8. The summed E-state index contributed by atoms with van der Waals surface area (Å²) in [5.74, 6) is -0.834. The van der Waals surface area contributed by atoms with E-state index in [9.17, 15) is 4.79 Å². The van der Waals surface area contributed by atoms with Gasteiger partial charge < -0.3 is 10.4 Å². The molecule has 0 aliphatic rings. The Labute approximate surface area is 107 Å². The van der Waals surface area contributed by atoms with E-state index in [0.717, 1.165) is 30.0 Å². The minimum absolute atomic E-state index is 0.336. The highest BCUT2D eigenvalue weighted by Gasteiger charge is 2.12. The van der Waals surface area contributed by atoms with Gasteiger partial charge in [0.1, 0.15) is 4.88 Å². The zero-order valence-electron chi connectivity index (χ0n) is 11.0. The summed E-state index contributed by atoms with van der Waals surface area (Å²) < 4.78 is 0. The molecule has 3 nitrogen and oxygen atoms in total. The van der Waals surface area contributed by atoms with Gasteiger partial charge in [-0.25, -0.2) is 4.79 Å². The number of rotatable bonds is 5. The number of hydrogen-bond acceptors (Lipinski definition) is 3. The van der Waals surface area contributed by atoms with E-state index in [2.05, 4.69) is 26.1 Å². The maximum Gasteiger partial charge on any atom is 0.345 e. The first kappa shape index (κ1) is 14.2. The lowest BCUT2D eigenvalue weighted by atomic mass is 9.92. The molecule has 1 aromatic heterocycles. The van der Waals surface area contributed by atoms with Crippen LogP contribution >= 0.6 is 11.3 Å². The Hall–Kier alpha value is -0.870. The average molecular weight is 255 g/mol. The molecule has 0 aromatic carbocycles. The van der Waals surface area contributed by atoms with Gasteiger partial charge in [-0.15, -0.1) is 11.3 Å². The second-order valence-electron chi connectivity index (χ2n) is 5.48. The fraction of sp³-hybridized carbons (Fsp3) is 0.615. The summed E-state index contributed by atoms with van der Waals surface area (Å²) in [6.45, 7) is 10.3. The summed E-state index contributed by atoms with van der Waals surface area (Å²) >= 11 is 1.35. The van der Waals surface area contributed by atoms with E-state index in [1.165, 1.54) is 11.3 Å². The molecule has 1 rings (SSSR count). The predicted molar refractivity (Wildman–Crippen MR) is 71.8 cm³/mol. The van der Waals surface area contributed by atoms with Crippen LogP contribution in [0.15, 0.2) is 6.07 Å². The van der Waals surface area contributed by atoms with Crippen LogP contribution in [0.1, 0.15) is 47.3 Å². The summed E-state index contributed by atoms with van der Waals surface area (Å²) in [5.41, 5.74) is 1.43. The van der Waals surface area contributed by atoms with Gasteiger partial charge in [0.2, 0.25) is 0 Å². The highest BCUT2D eigenvalue weighted by molar-refractivity contribution is 7.14. The van der Waals surface area contributed by atoms with Gasteiger partial charge in [0.05, 0.1) is 0 Å². The molecule has 0 radical (unpaired) electrons. The van der Waals surface area contributed by atoms with Crippen molar-refractivity contribution in [1.82, 2.24) is 5.32 Å². The van der Waals surface area contributed by atoms with Gasteiger partial charge in [-0.3, -0.25) is 0 Å². The SMILES string of the molecule is Cc1sc(C(=O)O)cc1CNCCC(C)(C)C. The van der Waals surface area contributed by atoms with Gasteiger partial charge in [-0.05, 0) is 36.9 Å². The molecule has 0 amide bonds. The molecule has 17 heavy (non-hydrogen) atoms. The number of nitrogens with one attached hydrogen (secondary N) is 1. The Morgan fingerprint density at radius 3 is 2.59 bits per heavy atom. The van der Waals surface area contributed by atoms with Crippen molar-refractivity contribution in [2.45, 2.75) is 40.7 Å². The molecular formula is C13H21NO2S. The summed E-state index contributed by atoms with van der Waals surface area (Å²) in [7, 11) is 0. The Balaban J connectivity index is 2.44. The van der Waals surface area contributed by atoms with Gasteiger partial charge >= 0.3 is 5.97 Å². The van der Waals surface area contributed by atoms with Crippen LogP contribution in [-0.4, -0.2) is 17.6 Å². The molecule has 0 aliphatic carbocycles. The first-order valence-corrected chi connectivity index (χ1v) is 6.64. The maximum absolute atomic E-state index is 10.8. The minimum Gasteiger partial charge on any atom is -0.477 e. The van der Waals surface area contributed by atoms with Crippen LogP contribution in [0.3, 0.4) is 0 Å². The lowest BCUT2D eigenvalue weighted by Gasteiger charge is -2.18. The summed E-state index contributed by atoms with van der Waals surface area (Å²) in [4.78, 5) is 12.3. The highest BCUT2D eigenvalue weighted by atomic mass is 32.1. The standard InChI is InChI=1S/C13H21NO2S/c1-9-10(7-11(17-9)12(15)16)8-14-6-5-13(2,3)4/h7,14H,5-6,8H2,1-4H3,(H,15,16). The number of aryl methyl sites for hydroxylation is 1.